The number of nitrogens with zero attached hydrogens (tertiary/aromatic N) is 1. The van der Waals surface area contributed by atoms with Gasteiger partial charge < -0.3 is 14.5 Å². The molecule has 0 bridgehead atoms. The van der Waals surface area contributed by atoms with Gasteiger partial charge in [-0.2, -0.15) is 0 Å². The number of rotatable bonds is 8. The van der Waals surface area contributed by atoms with Crippen LogP contribution >= 0.6 is 11.3 Å². The maximum Gasteiger partial charge on any atom is 0.260 e. The second-order valence-electron chi connectivity index (χ2n) is 8.31. The monoisotopic (exact) mass is 460 g/mol. The summed E-state index contributed by atoms with van der Waals surface area (Å²) in [6.45, 7) is 7.02. The van der Waals surface area contributed by atoms with Gasteiger partial charge in [0.15, 0.2) is 11.5 Å². The molecule has 0 aliphatic carbocycles. The lowest BCUT2D eigenvalue weighted by Gasteiger charge is -2.12. The molecule has 170 valence electrons. The van der Waals surface area contributed by atoms with E-state index in [0.717, 1.165) is 38.6 Å². The SMILES string of the molecule is COc1cc(/C=C/c2nc3sc(C)c(-c4ccccc4)c3c(=O)[nH]2)ccc1OCCC(C)C. The van der Waals surface area contributed by atoms with Crippen molar-refractivity contribution in [2.24, 2.45) is 5.92 Å². The standard InChI is InChI=1S/C27H28N2O3S/c1-17(2)14-15-32-21-12-10-19(16-22(21)31-4)11-13-23-28-26(30)25-24(18(3)33-27(25)29-23)20-8-6-5-7-9-20/h5-13,16-17H,14-15H2,1-4H3,(H,28,29,30)/b13-11+. The zero-order valence-corrected chi connectivity index (χ0v) is 20.2. The number of hydrogen-bond acceptors (Lipinski definition) is 5. The molecule has 0 spiro atoms. The van der Waals surface area contributed by atoms with Crippen molar-refractivity contribution < 1.29 is 9.47 Å². The van der Waals surface area contributed by atoms with Crippen molar-refractivity contribution in [1.82, 2.24) is 9.97 Å². The number of benzene rings is 2. The summed E-state index contributed by atoms with van der Waals surface area (Å²) in [5, 5.41) is 0.644. The summed E-state index contributed by atoms with van der Waals surface area (Å²) in [5.41, 5.74) is 2.78. The van der Waals surface area contributed by atoms with Crippen LogP contribution in [0.15, 0.2) is 53.3 Å². The van der Waals surface area contributed by atoms with E-state index in [0.29, 0.717) is 29.5 Å². The van der Waals surface area contributed by atoms with Gasteiger partial charge in [0, 0.05) is 10.4 Å². The number of nitrogens with one attached hydrogen (secondary N) is 1. The van der Waals surface area contributed by atoms with Gasteiger partial charge in [-0.15, -0.1) is 11.3 Å². The van der Waals surface area contributed by atoms with Crippen LogP contribution in [0.5, 0.6) is 11.5 Å². The first-order valence-electron chi connectivity index (χ1n) is 11.0. The number of aromatic amines is 1. The van der Waals surface area contributed by atoms with E-state index < -0.39 is 0 Å². The number of aryl methyl sites for hydroxylation is 1. The molecule has 2 aromatic carbocycles. The van der Waals surface area contributed by atoms with Crippen LogP contribution in [-0.4, -0.2) is 23.7 Å². The van der Waals surface area contributed by atoms with Crippen LogP contribution in [0.1, 0.15) is 36.5 Å². The number of hydrogen-bond donors (Lipinski definition) is 1. The fraction of sp³-hybridized carbons (Fsp3) is 0.259. The molecule has 33 heavy (non-hydrogen) atoms. The van der Waals surface area contributed by atoms with Crippen LogP contribution in [0.25, 0.3) is 33.5 Å². The van der Waals surface area contributed by atoms with Gasteiger partial charge in [-0.1, -0.05) is 56.3 Å². The quantitative estimate of drug-likeness (QED) is 0.323. The predicted molar refractivity (Wildman–Crippen MR) is 137 cm³/mol. The second-order valence-corrected chi connectivity index (χ2v) is 9.51. The molecule has 4 aromatic rings. The Labute approximate surface area is 197 Å². The lowest BCUT2D eigenvalue weighted by atomic mass is 10.0. The number of ether oxygens (including phenoxy) is 2. The maximum absolute atomic E-state index is 13.0. The maximum atomic E-state index is 13.0. The summed E-state index contributed by atoms with van der Waals surface area (Å²) in [6.07, 6.45) is 4.70. The molecule has 1 N–H and O–H groups in total. The van der Waals surface area contributed by atoms with E-state index in [-0.39, 0.29) is 5.56 Å². The highest BCUT2D eigenvalue weighted by Crippen LogP contribution is 2.35. The molecule has 0 unspecified atom stereocenters. The number of H-pyrrole nitrogens is 1. The molecule has 2 aromatic heterocycles. The summed E-state index contributed by atoms with van der Waals surface area (Å²) in [7, 11) is 1.63. The van der Waals surface area contributed by atoms with Crippen molar-refractivity contribution in [1.29, 1.82) is 0 Å². The molecule has 0 fully saturated rings. The lowest BCUT2D eigenvalue weighted by molar-refractivity contribution is 0.273. The Hall–Kier alpha value is -3.38. The van der Waals surface area contributed by atoms with Crippen molar-refractivity contribution in [3.05, 3.63) is 75.1 Å². The van der Waals surface area contributed by atoms with Crippen molar-refractivity contribution >= 4 is 33.7 Å². The van der Waals surface area contributed by atoms with Gasteiger partial charge in [-0.3, -0.25) is 4.79 Å². The molecule has 0 saturated carbocycles. The Morgan fingerprint density at radius 2 is 1.88 bits per heavy atom. The van der Waals surface area contributed by atoms with Crippen LogP contribution in [-0.2, 0) is 0 Å². The first-order valence-corrected chi connectivity index (χ1v) is 11.9. The van der Waals surface area contributed by atoms with E-state index in [2.05, 4.69) is 18.8 Å². The number of fused-ring (bicyclic) bond motifs is 1. The van der Waals surface area contributed by atoms with E-state index in [1.807, 2.05) is 67.6 Å². The van der Waals surface area contributed by atoms with Crippen molar-refractivity contribution in [3.63, 3.8) is 0 Å². The smallest absolute Gasteiger partial charge is 0.260 e. The van der Waals surface area contributed by atoms with E-state index >= 15 is 0 Å². The van der Waals surface area contributed by atoms with E-state index in [1.165, 1.54) is 11.3 Å². The minimum Gasteiger partial charge on any atom is -0.493 e. The average Bonchev–Trinajstić information content (AvgIpc) is 3.14. The Balaban J connectivity index is 1.60. The van der Waals surface area contributed by atoms with Crippen molar-refractivity contribution in [2.75, 3.05) is 13.7 Å². The summed E-state index contributed by atoms with van der Waals surface area (Å²) in [4.78, 5) is 22.4. The summed E-state index contributed by atoms with van der Waals surface area (Å²) < 4.78 is 11.4. The van der Waals surface area contributed by atoms with Crippen LogP contribution < -0.4 is 15.0 Å². The number of methoxy groups -OCH3 is 1. The van der Waals surface area contributed by atoms with Gasteiger partial charge >= 0.3 is 0 Å². The van der Waals surface area contributed by atoms with Crippen LogP contribution in [0.4, 0.5) is 0 Å². The third-order valence-electron chi connectivity index (χ3n) is 5.39. The highest BCUT2D eigenvalue weighted by molar-refractivity contribution is 7.19. The largest absolute Gasteiger partial charge is 0.493 e. The van der Waals surface area contributed by atoms with E-state index in [4.69, 9.17) is 14.5 Å². The Bertz CT molecular complexity index is 1340. The average molecular weight is 461 g/mol. The van der Waals surface area contributed by atoms with Gasteiger partial charge in [0.05, 0.1) is 19.1 Å². The lowest BCUT2D eigenvalue weighted by Crippen LogP contribution is -2.09. The minimum atomic E-state index is -0.130. The predicted octanol–water partition coefficient (Wildman–Crippen LogP) is 6.56. The summed E-state index contributed by atoms with van der Waals surface area (Å²) >= 11 is 1.54. The first-order chi connectivity index (χ1) is 16.0. The normalized spacial score (nSPS) is 11.5. The number of aromatic nitrogens is 2. The van der Waals surface area contributed by atoms with Gasteiger partial charge in [-0.25, -0.2) is 4.98 Å². The molecule has 2 heterocycles. The second kappa shape index (κ2) is 10.0. The number of thiophene rings is 1. The third kappa shape index (κ3) is 5.17. The topological polar surface area (TPSA) is 64.2 Å². The van der Waals surface area contributed by atoms with Crippen molar-refractivity contribution in [2.45, 2.75) is 27.2 Å². The zero-order valence-electron chi connectivity index (χ0n) is 19.3. The van der Waals surface area contributed by atoms with Gasteiger partial charge in [0.2, 0.25) is 0 Å². The van der Waals surface area contributed by atoms with E-state index in [1.54, 1.807) is 7.11 Å². The summed E-state index contributed by atoms with van der Waals surface area (Å²) in [5.74, 6) is 2.51. The molecule has 0 amide bonds. The van der Waals surface area contributed by atoms with Crippen LogP contribution in [0.3, 0.4) is 0 Å². The fourth-order valence-corrected chi connectivity index (χ4v) is 4.71. The van der Waals surface area contributed by atoms with Gasteiger partial charge in [0.25, 0.3) is 5.56 Å². The molecule has 6 heteroatoms. The van der Waals surface area contributed by atoms with Crippen LogP contribution in [0.2, 0.25) is 0 Å². The molecule has 5 nitrogen and oxygen atoms in total. The molecule has 4 rings (SSSR count). The van der Waals surface area contributed by atoms with Gasteiger partial charge in [-0.05, 0) is 48.6 Å². The van der Waals surface area contributed by atoms with Crippen LogP contribution in [0, 0.1) is 12.8 Å². The highest BCUT2D eigenvalue weighted by Gasteiger charge is 2.16. The Morgan fingerprint density at radius 3 is 2.61 bits per heavy atom. The fourth-order valence-electron chi connectivity index (χ4n) is 3.65. The minimum absolute atomic E-state index is 0.130. The summed E-state index contributed by atoms with van der Waals surface area (Å²) in [6, 6.07) is 15.8. The Kier molecular flexibility index (Phi) is 6.94. The molecule has 0 atom stereocenters. The molecule has 0 aliphatic heterocycles. The third-order valence-corrected chi connectivity index (χ3v) is 6.39. The Morgan fingerprint density at radius 1 is 1.09 bits per heavy atom. The first kappa shape index (κ1) is 22.8. The highest BCUT2D eigenvalue weighted by atomic mass is 32.1. The molecule has 0 saturated heterocycles. The van der Waals surface area contributed by atoms with E-state index in [9.17, 15) is 4.79 Å². The molecular formula is C27H28N2O3S. The molecular weight excluding hydrogens is 432 g/mol. The molecule has 0 aliphatic rings. The molecule has 0 radical (unpaired) electrons. The van der Waals surface area contributed by atoms with Gasteiger partial charge in [0.1, 0.15) is 10.7 Å². The van der Waals surface area contributed by atoms with Crippen molar-refractivity contribution in [3.8, 4) is 22.6 Å². The zero-order chi connectivity index (χ0) is 23.4.